The zero-order chi connectivity index (χ0) is 40.3. The Morgan fingerprint density at radius 1 is 0.655 bits per heavy atom. The number of carbonyl (C=O) groups excluding carboxylic acids is 1. The van der Waals surface area contributed by atoms with Crippen molar-refractivity contribution in [1.29, 1.82) is 0 Å². The average molecular weight is 831 g/mol. The van der Waals surface area contributed by atoms with E-state index in [1.165, 1.54) is 0 Å². The van der Waals surface area contributed by atoms with Crippen molar-refractivity contribution in [2.75, 3.05) is 13.1 Å². The Morgan fingerprint density at radius 3 is 1.42 bits per heavy atom. The van der Waals surface area contributed by atoms with Crippen LogP contribution in [0.1, 0.15) is 123 Å². The molecule has 2 unspecified atom stereocenters. The van der Waals surface area contributed by atoms with Crippen molar-refractivity contribution in [2.45, 2.75) is 145 Å². The maximum Gasteiger partial charge on any atom is 0.410 e. The molecule has 3 aromatic rings. The monoisotopic (exact) mass is 829 g/mol. The Bertz CT molecular complexity index is 1720. The fourth-order valence-corrected chi connectivity index (χ4v) is 10.3. The highest BCUT2D eigenvalue weighted by Crippen LogP contribution is 2.48. The van der Waals surface area contributed by atoms with Gasteiger partial charge in [-0.25, -0.2) is 22.7 Å². The van der Waals surface area contributed by atoms with Crippen LogP contribution in [0.2, 0.25) is 10.0 Å². The number of hydrogen-bond donors (Lipinski definition) is 2. The van der Waals surface area contributed by atoms with E-state index in [9.17, 15) is 13.2 Å². The number of halogens is 2. The molecular weight excluding hydrogens is 770 g/mol. The number of ether oxygens (including phenoxy) is 1. The summed E-state index contributed by atoms with van der Waals surface area (Å²) in [6.07, 6.45) is 5.72. The topological polar surface area (TPSA) is 87.7 Å². The lowest BCUT2D eigenvalue weighted by atomic mass is 9.63. The largest absolute Gasteiger partial charge is 0.445 e. The van der Waals surface area contributed by atoms with Gasteiger partial charge in [-0.05, 0) is 148 Å². The zero-order valence-electron chi connectivity index (χ0n) is 33.9. The highest BCUT2D eigenvalue weighted by atomic mass is 35.5. The molecule has 0 aromatic heterocycles. The average Bonchev–Trinajstić information content (AvgIpc) is 3.12. The van der Waals surface area contributed by atoms with Crippen LogP contribution in [-0.4, -0.2) is 53.1 Å². The third kappa shape index (κ3) is 11.2. The number of carbonyl (C=O) groups is 1. The summed E-state index contributed by atoms with van der Waals surface area (Å²) in [7, 11) is -2.45. The molecule has 2 fully saturated rings. The Morgan fingerprint density at radius 2 is 1.05 bits per heavy atom. The molecule has 0 spiro atoms. The van der Waals surface area contributed by atoms with E-state index in [4.69, 9.17) is 27.9 Å². The van der Waals surface area contributed by atoms with Crippen molar-refractivity contribution in [3.63, 3.8) is 0 Å². The lowest BCUT2D eigenvalue weighted by Crippen LogP contribution is -2.57. The minimum atomic E-state index is -1.23. The summed E-state index contributed by atoms with van der Waals surface area (Å²) in [5.74, 6) is 0. The third-order valence-electron chi connectivity index (χ3n) is 11.7. The summed E-state index contributed by atoms with van der Waals surface area (Å²) < 4.78 is 39.0. The van der Waals surface area contributed by atoms with Gasteiger partial charge in [-0.2, -0.15) is 0 Å². The minimum absolute atomic E-state index is 0.158. The molecule has 0 bridgehead atoms. The number of hydrogen-bond acceptors (Lipinski definition) is 4. The van der Waals surface area contributed by atoms with Crippen molar-refractivity contribution in [3.05, 3.63) is 106 Å². The quantitative estimate of drug-likeness (QED) is 0.190. The summed E-state index contributed by atoms with van der Waals surface area (Å²) in [6, 6.07) is 25.9. The second kappa shape index (κ2) is 17.3. The predicted molar refractivity (Wildman–Crippen MR) is 230 cm³/mol. The first-order valence-electron chi connectivity index (χ1n) is 19.5. The molecular formula is C44H61Cl2N3O4S2. The molecule has 2 aliphatic carbocycles. The molecule has 7 nitrogen and oxygen atoms in total. The number of benzene rings is 3. The van der Waals surface area contributed by atoms with E-state index in [2.05, 4.69) is 35.4 Å². The van der Waals surface area contributed by atoms with Gasteiger partial charge in [-0.15, -0.1) is 0 Å². The van der Waals surface area contributed by atoms with Crippen LogP contribution in [0, 0.1) is 0 Å². The van der Waals surface area contributed by atoms with Crippen molar-refractivity contribution < 1.29 is 17.9 Å². The highest BCUT2D eigenvalue weighted by molar-refractivity contribution is 7.84. The summed E-state index contributed by atoms with van der Waals surface area (Å²) in [6.45, 7) is 17.3. The fraction of sp³-hybridized carbons (Fsp3) is 0.568. The standard InChI is InChI=1S/C44H61Cl2N3O4S2/c1-39(2,3)54(51)47-41(7)20-24-43(25-21-41,34-16-12-18-36(45)28-34)31-49(38(50)53-30-33-14-10-9-11-15-33)32-44(35-17-13-19-37(46)29-35)26-22-42(8,23-27-44)48-55(52)40(4,5)6/h9-19,28-29,47-48H,20-27,30-32H2,1-8H3. The van der Waals surface area contributed by atoms with Gasteiger partial charge in [0.25, 0.3) is 0 Å². The number of amides is 1. The second-order valence-electron chi connectivity index (χ2n) is 18.6. The molecule has 2 N–H and O–H groups in total. The molecule has 2 aliphatic rings. The van der Waals surface area contributed by atoms with Crippen LogP contribution >= 0.6 is 23.2 Å². The van der Waals surface area contributed by atoms with Crippen LogP contribution in [0.4, 0.5) is 4.79 Å². The van der Waals surface area contributed by atoms with Gasteiger partial charge in [-0.3, -0.25) is 0 Å². The Balaban J connectivity index is 1.53. The predicted octanol–water partition coefficient (Wildman–Crippen LogP) is 10.6. The molecule has 11 heteroatoms. The van der Waals surface area contributed by atoms with E-state index in [1.807, 2.05) is 113 Å². The van der Waals surface area contributed by atoms with E-state index in [0.29, 0.717) is 23.1 Å². The van der Waals surface area contributed by atoms with E-state index in [0.717, 1.165) is 68.1 Å². The third-order valence-corrected chi connectivity index (χ3v) is 15.8. The van der Waals surface area contributed by atoms with Crippen molar-refractivity contribution in [1.82, 2.24) is 14.3 Å². The van der Waals surface area contributed by atoms with Gasteiger partial charge < -0.3 is 9.64 Å². The van der Waals surface area contributed by atoms with Crippen LogP contribution in [0.15, 0.2) is 78.9 Å². The van der Waals surface area contributed by atoms with Crippen LogP contribution < -0.4 is 9.44 Å². The molecule has 0 heterocycles. The van der Waals surface area contributed by atoms with Crippen molar-refractivity contribution >= 4 is 51.3 Å². The van der Waals surface area contributed by atoms with Gasteiger partial charge >= 0.3 is 6.09 Å². The van der Waals surface area contributed by atoms with E-state index >= 15 is 0 Å². The lowest BCUT2D eigenvalue weighted by molar-refractivity contribution is 0.0565. The van der Waals surface area contributed by atoms with Gasteiger partial charge in [-0.1, -0.05) is 77.8 Å². The van der Waals surface area contributed by atoms with Crippen molar-refractivity contribution in [3.8, 4) is 0 Å². The van der Waals surface area contributed by atoms with E-state index in [-0.39, 0.29) is 23.8 Å². The van der Waals surface area contributed by atoms with Gasteiger partial charge in [0.2, 0.25) is 0 Å². The van der Waals surface area contributed by atoms with Crippen LogP contribution in [0.3, 0.4) is 0 Å². The van der Waals surface area contributed by atoms with E-state index < -0.39 is 42.3 Å². The van der Waals surface area contributed by atoms with Crippen LogP contribution in [0.5, 0.6) is 0 Å². The smallest absolute Gasteiger partial charge is 0.410 e. The molecule has 1 amide bonds. The lowest BCUT2D eigenvalue weighted by Gasteiger charge is -2.51. The molecule has 0 saturated heterocycles. The van der Waals surface area contributed by atoms with Crippen LogP contribution in [0.25, 0.3) is 0 Å². The molecule has 5 rings (SSSR count). The molecule has 2 saturated carbocycles. The number of nitrogens with one attached hydrogen (secondary N) is 2. The van der Waals surface area contributed by atoms with Gasteiger partial charge in [0.15, 0.2) is 0 Å². The summed E-state index contributed by atoms with van der Waals surface area (Å²) in [5.41, 5.74) is 1.53. The first-order valence-corrected chi connectivity index (χ1v) is 22.6. The number of rotatable bonds is 12. The normalized spacial score (nSPS) is 27.2. The Kier molecular flexibility index (Phi) is 13.8. The summed E-state index contributed by atoms with van der Waals surface area (Å²) >= 11 is 13.4. The minimum Gasteiger partial charge on any atom is -0.445 e. The molecule has 55 heavy (non-hydrogen) atoms. The zero-order valence-corrected chi connectivity index (χ0v) is 37.1. The maximum atomic E-state index is 14.7. The first kappa shape index (κ1) is 43.8. The summed E-state index contributed by atoms with van der Waals surface area (Å²) in [5, 5.41) is 1.30. The van der Waals surface area contributed by atoms with Gasteiger partial charge in [0, 0.05) is 45.0 Å². The Labute approximate surface area is 345 Å². The highest BCUT2D eigenvalue weighted by Gasteiger charge is 2.48. The maximum absolute atomic E-state index is 14.7. The Hall–Kier alpha value is -2.27. The summed E-state index contributed by atoms with van der Waals surface area (Å²) in [4.78, 5) is 16.6. The number of nitrogens with zero attached hydrogens (tertiary/aromatic N) is 1. The molecule has 0 radical (unpaired) electrons. The molecule has 302 valence electrons. The van der Waals surface area contributed by atoms with Gasteiger partial charge in [0.1, 0.15) is 6.61 Å². The molecule has 2 atom stereocenters. The SMILES string of the molecule is CC1(NS(=O)C(C)(C)C)CCC(CN(CC2(c3cccc(Cl)c3)CCC(C)(NS(=O)C(C)(C)C)CC2)C(=O)OCc2ccccc2)(c2cccc(Cl)c2)CC1. The second-order valence-corrected chi connectivity index (χ2v) is 23.4. The van der Waals surface area contributed by atoms with Crippen molar-refractivity contribution in [2.24, 2.45) is 0 Å². The van der Waals surface area contributed by atoms with Gasteiger partial charge in [0.05, 0.1) is 31.5 Å². The first-order chi connectivity index (χ1) is 25.6. The fourth-order valence-electron chi connectivity index (χ4n) is 7.96. The molecule has 0 aliphatic heterocycles. The van der Waals surface area contributed by atoms with E-state index in [1.54, 1.807) is 0 Å². The van der Waals surface area contributed by atoms with Crippen LogP contribution in [-0.2, 0) is 44.1 Å². The molecule has 3 aromatic carbocycles.